The number of benzene rings is 1. The maximum Gasteiger partial charge on any atom is 0.414 e. The van der Waals surface area contributed by atoms with Crippen molar-refractivity contribution in [3.63, 3.8) is 0 Å². The predicted octanol–water partition coefficient (Wildman–Crippen LogP) is 3.67. The molecule has 0 spiro atoms. The van der Waals surface area contributed by atoms with Crippen LogP contribution in [0.15, 0.2) is 18.2 Å². The molecule has 0 atom stereocenters. The van der Waals surface area contributed by atoms with E-state index in [9.17, 15) is 4.79 Å². The number of rotatable bonds is 2. The normalized spacial score (nSPS) is 14.5. The molecular formula is C16H25N3O2. The summed E-state index contributed by atoms with van der Waals surface area (Å²) >= 11 is 0. The second-order valence-electron chi connectivity index (χ2n) is 6.59. The Morgan fingerprint density at radius 3 is 2.71 bits per heavy atom. The summed E-state index contributed by atoms with van der Waals surface area (Å²) in [6.07, 6.45) is -0.296. The number of carbonyl (C=O) groups is 1. The van der Waals surface area contributed by atoms with Crippen LogP contribution in [0.5, 0.6) is 0 Å². The number of nitrogens with one attached hydrogen (secondary N) is 2. The molecule has 0 saturated carbocycles. The van der Waals surface area contributed by atoms with Gasteiger partial charge in [-0.1, -0.05) is 0 Å². The van der Waals surface area contributed by atoms with Crippen molar-refractivity contribution >= 4 is 23.2 Å². The molecule has 1 aromatic rings. The van der Waals surface area contributed by atoms with Crippen LogP contribution in [-0.4, -0.2) is 30.8 Å². The Morgan fingerprint density at radius 1 is 1.38 bits per heavy atom. The predicted molar refractivity (Wildman–Crippen MR) is 87.3 cm³/mol. The van der Waals surface area contributed by atoms with Gasteiger partial charge in [-0.05, 0) is 52.8 Å². The maximum atomic E-state index is 12.3. The highest BCUT2D eigenvalue weighted by Gasteiger charge is 2.27. The molecule has 21 heavy (non-hydrogen) atoms. The summed E-state index contributed by atoms with van der Waals surface area (Å²) in [5.41, 5.74) is 2.38. The Labute approximate surface area is 126 Å². The van der Waals surface area contributed by atoms with Crippen LogP contribution in [0.1, 0.15) is 34.6 Å². The zero-order chi connectivity index (χ0) is 15.6. The van der Waals surface area contributed by atoms with Crippen molar-refractivity contribution in [3.8, 4) is 0 Å². The summed E-state index contributed by atoms with van der Waals surface area (Å²) in [5, 5.41) is 6.70. The Bertz CT molecular complexity index is 521. The first-order valence-corrected chi connectivity index (χ1v) is 7.41. The SMILES string of the molecule is CC(C)Nc1ccc2c(c1)NCCN2C(=O)OC(C)(C)C. The van der Waals surface area contributed by atoms with Gasteiger partial charge in [-0.25, -0.2) is 4.79 Å². The van der Waals surface area contributed by atoms with Gasteiger partial charge in [0, 0.05) is 24.8 Å². The van der Waals surface area contributed by atoms with Gasteiger partial charge >= 0.3 is 6.09 Å². The van der Waals surface area contributed by atoms with E-state index in [4.69, 9.17) is 4.74 Å². The molecule has 0 bridgehead atoms. The highest BCUT2D eigenvalue weighted by atomic mass is 16.6. The molecule has 2 rings (SSSR count). The molecule has 2 N–H and O–H groups in total. The van der Waals surface area contributed by atoms with Crippen molar-refractivity contribution in [2.75, 3.05) is 28.6 Å². The third-order valence-electron chi connectivity index (χ3n) is 3.01. The van der Waals surface area contributed by atoms with E-state index in [2.05, 4.69) is 24.5 Å². The Kier molecular flexibility index (Phi) is 4.30. The molecule has 1 heterocycles. The minimum Gasteiger partial charge on any atom is -0.443 e. The number of carbonyl (C=O) groups excluding carboxylic acids is 1. The number of amides is 1. The molecular weight excluding hydrogens is 266 g/mol. The lowest BCUT2D eigenvalue weighted by Gasteiger charge is -2.32. The molecule has 1 aliphatic heterocycles. The van der Waals surface area contributed by atoms with E-state index >= 15 is 0 Å². The van der Waals surface area contributed by atoms with Crippen molar-refractivity contribution in [1.82, 2.24) is 0 Å². The third kappa shape index (κ3) is 4.03. The minimum absolute atomic E-state index is 0.296. The summed E-state index contributed by atoms with van der Waals surface area (Å²) < 4.78 is 5.47. The van der Waals surface area contributed by atoms with Gasteiger partial charge in [-0.2, -0.15) is 0 Å². The molecule has 0 aromatic heterocycles. The zero-order valence-electron chi connectivity index (χ0n) is 13.5. The second kappa shape index (κ2) is 5.84. The molecule has 0 unspecified atom stereocenters. The third-order valence-corrected chi connectivity index (χ3v) is 3.01. The summed E-state index contributed by atoms with van der Waals surface area (Å²) in [7, 11) is 0. The van der Waals surface area contributed by atoms with E-state index in [1.54, 1.807) is 4.90 Å². The van der Waals surface area contributed by atoms with Crippen LogP contribution in [0.3, 0.4) is 0 Å². The van der Waals surface area contributed by atoms with Gasteiger partial charge in [-0.15, -0.1) is 0 Å². The molecule has 0 saturated heterocycles. The number of hydrogen-bond donors (Lipinski definition) is 2. The van der Waals surface area contributed by atoms with Crippen LogP contribution in [-0.2, 0) is 4.74 Å². The fourth-order valence-electron chi connectivity index (χ4n) is 2.27. The zero-order valence-corrected chi connectivity index (χ0v) is 13.5. The molecule has 5 nitrogen and oxygen atoms in total. The van der Waals surface area contributed by atoms with Crippen LogP contribution >= 0.6 is 0 Å². The molecule has 0 aliphatic carbocycles. The Morgan fingerprint density at radius 2 is 2.10 bits per heavy atom. The van der Waals surface area contributed by atoms with E-state index < -0.39 is 5.60 Å². The summed E-state index contributed by atoms with van der Waals surface area (Å²) in [6, 6.07) is 6.35. The van der Waals surface area contributed by atoms with Crippen LogP contribution in [0, 0.1) is 0 Å². The van der Waals surface area contributed by atoms with Crippen molar-refractivity contribution < 1.29 is 9.53 Å². The maximum absolute atomic E-state index is 12.3. The van der Waals surface area contributed by atoms with Gasteiger partial charge in [0.05, 0.1) is 11.4 Å². The topological polar surface area (TPSA) is 53.6 Å². The Hall–Kier alpha value is -1.91. The number of nitrogens with zero attached hydrogens (tertiary/aromatic N) is 1. The molecule has 1 aromatic carbocycles. The minimum atomic E-state index is -0.485. The number of anilines is 3. The fourth-order valence-corrected chi connectivity index (χ4v) is 2.27. The second-order valence-corrected chi connectivity index (χ2v) is 6.59. The number of hydrogen-bond acceptors (Lipinski definition) is 4. The lowest BCUT2D eigenvalue weighted by molar-refractivity contribution is 0.0581. The van der Waals surface area contributed by atoms with Crippen LogP contribution < -0.4 is 15.5 Å². The van der Waals surface area contributed by atoms with Gasteiger partial charge in [0.1, 0.15) is 5.60 Å². The van der Waals surface area contributed by atoms with E-state index in [1.165, 1.54) is 0 Å². The standard InChI is InChI=1S/C16H25N3O2/c1-11(2)18-12-6-7-14-13(10-12)17-8-9-19(14)15(20)21-16(3,4)5/h6-7,10-11,17-18H,8-9H2,1-5H3. The molecule has 0 radical (unpaired) electrons. The lowest BCUT2D eigenvalue weighted by atomic mass is 10.1. The average molecular weight is 291 g/mol. The smallest absolute Gasteiger partial charge is 0.414 e. The molecule has 0 fully saturated rings. The van der Waals surface area contributed by atoms with Gasteiger partial charge in [-0.3, -0.25) is 4.90 Å². The van der Waals surface area contributed by atoms with Crippen LogP contribution in [0.4, 0.5) is 21.9 Å². The highest BCUT2D eigenvalue weighted by Crippen LogP contribution is 2.32. The first kappa shape index (κ1) is 15.5. The highest BCUT2D eigenvalue weighted by molar-refractivity contribution is 5.94. The van der Waals surface area contributed by atoms with Gasteiger partial charge in [0.15, 0.2) is 0 Å². The van der Waals surface area contributed by atoms with Crippen molar-refractivity contribution in [3.05, 3.63) is 18.2 Å². The lowest BCUT2D eigenvalue weighted by Crippen LogP contribution is -2.42. The summed E-state index contributed by atoms with van der Waals surface area (Å²) in [4.78, 5) is 14.0. The number of ether oxygens (including phenoxy) is 1. The van der Waals surface area contributed by atoms with Gasteiger partial charge in [0.2, 0.25) is 0 Å². The first-order valence-electron chi connectivity index (χ1n) is 7.41. The van der Waals surface area contributed by atoms with Crippen molar-refractivity contribution in [2.45, 2.75) is 46.3 Å². The van der Waals surface area contributed by atoms with Gasteiger partial charge in [0.25, 0.3) is 0 Å². The first-order chi connectivity index (χ1) is 9.76. The van der Waals surface area contributed by atoms with Crippen molar-refractivity contribution in [1.29, 1.82) is 0 Å². The van der Waals surface area contributed by atoms with E-state index in [0.717, 1.165) is 23.6 Å². The van der Waals surface area contributed by atoms with Crippen LogP contribution in [0.2, 0.25) is 0 Å². The van der Waals surface area contributed by atoms with Crippen molar-refractivity contribution in [2.24, 2.45) is 0 Å². The molecule has 116 valence electrons. The molecule has 5 heteroatoms. The summed E-state index contributed by atoms with van der Waals surface area (Å²) in [5.74, 6) is 0. The quantitative estimate of drug-likeness (QED) is 0.873. The average Bonchev–Trinajstić information content (AvgIpc) is 2.34. The monoisotopic (exact) mass is 291 g/mol. The van der Waals surface area contributed by atoms with E-state index in [1.807, 2.05) is 39.0 Å². The largest absolute Gasteiger partial charge is 0.443 e. The molecule has 1 amide bonds. The molecule has 1 aliphatic rings. The van der Waals surface area contributed by atoms with Crippen LogP contribution in [0.25, 0.3) is 0 Å². The van der Waals surface area contributed by atoms with E-state index in [0.29, 0.717) is 12.6 Å². The number of fused-ring (bicyclic) bond motifs is 1. The fraction of sp³-hybridized carbons (Fsp3) is 0.562. The van der Waals surface area contributed by atoms with Gasteiger partial charge < -0.3 is 15.4 Å². The van der Waals surface area contributed by atoms with E-state index in [-0.39, 0.29) is 6.09 Å². The summed E-state index contributed by atoms with van der Waals surface area (Å²) in [6.45, 7) is 11.2. The Balaban J connectivity index is 2.21.